The lowest BCUT2D eigenvalue weighted by Crippen LogP contribution is -2.41. The minimum absolute atomic E-state index is 0.0227. The molecular weight excluding hydrogens is 162 g/mol. The summed E-state index contributed by atoms with van der Waals surface area (Å²) in [6.07, 6.45) is -0.715. The molecule has 70 valence electrons. The lowest BCUT2D eigenvalue weighted by Gasteiger charge is -2.14. The van der Waals surface area contributed by atoms with E-state index in [2.05, 4.69) is 5.32 Å². The van der Waals surface area contributed by atoms with Gasteiger partial charge >= 0.3 is 5.97 Å². The highest BCUT2D eigenvalue weighted by atomic mass is 16.4. The highest BCUT2D eigenvalue weighted by Gasteiger charge is 2.19. The Bertz CT molecular complexity index is 178. The van der Waals surface area contributed by atoms with E-state index in [-0.39, 0.29) is 6.42 Å². The maximum absolute atomic E-state index is 10.5. The van der Waals surface area contributed by atoms with Gasteiger partial charge in [0.05, 0.1) is 6.10 Å². The van der Waals surface area contributed by atoms with Crippen molar-refractivity contribution in [1.29, 1.82) is 0 Å². The lowest BCUT2D eigenvalue weighted by atomic mass is 10.1. The first-order valence-corrected chi connectivity index (χ1v) is 3.61. The van der Waals surface area contributed by atoms with Crippen molar-refractivity contribution in [3.63, 3.8) is 0 Å². The van der Waals surface area contributed by atoms with E-state index >= 15 is 0 Å². The van der Waals surface area contributed by atoms with Crippen LogP contribution in [0.15, 0.2) is 0 Å². The summed E-state index contributed by atoms with van der Waals surface area (Å²) >= 11 is 0. The highest BCUT2D eigenvalue weighted by Crippen LogP contribution is 1.97. The first-order chi connectivity index (χ1) is 5.43. The number of carboxylic acid groups (broad SMARTS) is 1. The maximum atomic E-state index is 10.5. The van der Waals surface area contributed by atoms with Crippen LogP contribution in [0.5, 0.6) is 0 Å². The van der Waals surface area contributed by atoms with Gasteiger partial charge in [-0.1, -0.05) is 0 Å². The summed E-state index contributed by atoms with van der Waals surface area (Å²) in [5.74, 6) is -1.55. The summed E-state index contributed by atoms with van der Waals surface area (Å²) in [5.41, 5.74) is 0. The van der Waals surface area contributed by atoms with Gasteiger partial charge in [0.2, 0.25) is 5.91 Å². The molecule has 0 saturated carbocycles. The fraction of sp³-hybridized carbons (Fsp3) is 0.714. The van der Waals surface area contributed by atoms with Crippen LogP contribution in [0.2, 0.25) is 0 Å². The minimum Gasteiger partial charge on any atom is -0.480 e. The van der Waals surface area contributed by atoms with Crippen LogP contribution in [-0.2, 0) is 9.59 Å². The number of carbonyl (C=O) groups is 2. The highest BCUT2D eigenvalue weighted by molar-refractivity contribution is 5.82. The number of hydrogen-bond donors (Lipinski definition) is 3. The Morgan fingerprint density at radius 3 is 2.25 bits per heavy atom. The van der Waals surface area contributed by atoms with Crippen LogP contribution in [0.1, 0.15) is 20.3 Å². The number of amides is 1. The van der Waals surface area contributed by atoms with E-state index < -0.39 is 24.0 Å². The molecule has 0 heterocycles. The number of aliphatic hydroxyl groups excluding tert-OH is 1. The Labute approximate surface area is 70.4 Å². The molecule has 12 heavy (non-hydrogen) atoms. The van der Waals surface area contributed by atoms with E-state index in [0.717, 1.165) is 0 Å². The number of carboxylic acids is 1. The fourth-order valence-corrected chi connectivity index (χ4v) is 0.808. The van der Waals surface area contributed by atoms with Crippen LogP contribution in [0.3, 0.4) is 0 Å². The van der Waals surface area contributed by atoms with Gasteiger partial charge in [-0.15, -0.1) is 0 Å². The van der Waals surface area contributed by atoms with Crippen molar-refractivity contribution in [3.8, 4) is 0 Å². The topological polar surface area (TPSA) is 86.6 Å². The third-order valence-electron chi connectivity index (χ3n) is 1.25. The van der Waals surface area contributed by atoms with E-state index in [4.69, 9.17) is 10.2 Å². The van der Waals surface area contributed by atoms with Crippen LogP contribution >= 0.6 is 0 Å². The normalized spacial score (nSPS) is 14.9. The van der Waals surface area contributed by atoms with E-state index in [1.807, 2.05) is 0 Å². The zero-order valence-corrected chi connectivity index (χ0v) is 7.07. The van der Waals surface area contributed by atoms with Gasteiger partial charge in [0, 0.05) is 13.3 Å². The van der Waals surface area contributed by atoms with Gasteiger partial charge in [-0.2, -0.15) is 0 Å². The molecule has 0 saturated heterocycles. The smallest absolute Gasteiger partial charge is 0.326 e. The van der Waals surface area contributed by atoms with Crippen molar-refractivity contribution in [3.05, 3.63) is 0 Å². The zero-order chi connectivity index (χ0) is 9.72. The first-order valence-electron chi connectivity index (χ1n) is 3.61. The van der Waals surface area contributed by atoms with Crippen LogP contribution in [0.25, 0.3) is 0 Å². The number of aliphatic hydroxyl groups is 1. The Hall–Kier alpha value is -1.10. The molecule has 0 aromatic rings. The summed E-state index contributed by atoms with van der Waals surface area (Å²) < 4.78 is 0. The van der Waals surface area contributed by atoms with E-state index in [1.54, 1.807) is 0 Å². The minimum atomic E-state index is -1.13. The number of rotatable bonds is 4. The molecule has 0 bridgehead atoms. The van der Waals surface area contributed by atoms with Crippen LogP contribution < -0.4 is 5.32 Å². The summed E-state index contributed by atoms with van der Waals surface area (Å²) in [5, 5.41) is 19.6. The standard InChI is InChI=1S/C7H13NO4/c1-4(9)3-6(7(11)12)8-5(2)10/h4,6,9H,3H2,1-2H3,(H,8,10)(H,11,12)/t4-,6+/m1/s1. The molecule has 5 heteroatoms. The predicted molar refractivity (Wildman–Crippen MR) is 41.5 cm³/mol. The monoisotopic (exact) mass is 175 g/mol. The molecule has 0 rings (SSSR count). The lowest BCUT2D eigenvalue weighted by molar-refractivity contribution is -0.142. The van der Waals surface area contributed by atoms with E-state index in [9.17, 15) is 9.59 Å². The largest absolute Gasteiger partial charge is 0.480 e. The van der Waals surface area contributed by atoms with E-state index in [0.29, 0.717) is 0 Å². The van der Waals surface area contributed by atoms with Gasteiger partial charge in [0.1, 0.15) is 6.04 Å². The number of carbonyl (C=O) groups excluding carboxylic acids is 1. The molecule has 0 aromatic carbocycles. The van der Waals surface area contributed by atoms with Crippen LogP contribution in [0.4, 0.5) is 0 Å². The molecule has 0 aliphatic carbocycles. The van der Waals surface area contributed by atoms with Gasteiger partial charge in [-0.05, 0) is 6.92 Å². The molecule has 3 N–H and O–H groups in total. The Balaban J connectivity index is 4.04. The van der Waals surface area contributed by atoms with Crippen LogP contribution in [-0.4, -0.2) is 34.2 Å². The molecule has 5 nitrogen and oxygen atoms in total. The van der Waals surface area contributed by atoms with Crippen LogP contribution in [0, 0.1) is 0 Å². The second-order valence-corrected chi connectivity index (χ2v) is 2.68. The Morgan fingerprint density at radius 1 is 1.50 bits per heavy atom. The molecule has 0 spiro atoms. The molecule has 0 unspecified atom stereocenters. The van der Waals surface area contributed by atoms with Gasteiger partial charge in [-0.3, -0.25) is 4.79 Å². The molecule has 0 aromatic heterocycles. The van der Waals surface area contributed by atoms with Gasteiger partial charge in [-0.25, -0.2) is 4.79 Å². The second-order valence-electron chi connectivity index (χ2n) is 2.68. The maximum Gasteiger partial charge on any atom is 0.326 e. The fourth-order valence-electron chi connectivity index (χ4n) is 0.808. The Kier molecular flexibility index (Phi) is 4.28. The first kappa shape index (κ1) is 10.9. The summed E-state index contributed by atoms with van der Waals surface area (Å²) in [6, 6.07) is -0.998. The van der Waals surface area contributed by atoms with Gasteiger partial charge < -0.3 is 15.5 Å². The Morgan fingerprint density at radius 2 is 2.00 bits per heavy atom. The van der Waals surface area contributed by atoms with Crippen molar-refractivity contribution in [2.75, 3.05) is 0 Å². The van der Waals surface area contributed by atoms with Gasteiger partial charge in [0.15, 0.2) is 0 Å². The number of nitrogens with one attached hydrogen (secondary N) is 1. The molecule has 2 atom stereocenters. The number of aliphatic carboxylic acids is 1. The van der Waals surface area contributed by atoms with Crippen molar-refractivity contribution < 1.29 is 19.8 Å². The average Bonchev–Trinajstić information content (AvgIpc) is 1.83. The van der Waals surface area contributed by atoms with Crippen molar-refractivity contribution >= 4 is 11.9 Å². The molecule has 0 fully saturated rings. The average molecular weight is 175 g/mol. The number of hydrogen-bond acceptors (Lipinski definition) is 3. The summed E-state index contributed by atoms with van der Waals surface area (Å²) in [7, 11) is 0. The molecule has 1 amide bonds. The van der Waals surface area contributed by atoms with E-state index in [1.165, 1.54) is 13.8 Å². The van der Waals surface area contributed by atoms with Gasteiger partial charge in [0.25, 0.3) is 0 Å². The third kappa shape index (κ3) is 4.68. The zero-order valence-electron chi connectivity index (χ0n) is 7.07. The van der Waals surface area contributed by atoms with Crippen molar-refractivity contribution in [2.24, 2.45) is 0 Å². The van der Waals surface area contributed by atoms with Crippen molar-refractivity contribution in [1.82, 2.24) is 5.32 Å². The SMILES string of the molecule is CC(=O)N[C@@H](C[C@@H](C)O)C(=O)O. The predicted octanol–water partition coefficient (Wildman–Crippen LogP) is -0.653. The van der Waals surface area contributed by atoms with Crippen molar-refractivity contribution in [2.45, 2.75) is 32.4 Å². The summed E-state index contributed by atoms with van der Waals surface area (Å²) in [4.78, 5) is 20.9. The molecular formula is C7H13NO4. The molecule has 0 aliphatic heterocycles. The quantitative estimate of drug-likeness (QED) is 0.529. The third-order valence-corrected chi connectivity index (χ3v) is 1.25. The second kappa shape index (κ2) is 4.71. The summed E-state index contributed by atoms with van der Waals surface area (Å²) in [6.45, 7) is 2.70. The molecule has 0 aliphatic rings. The molecule has 0 radical (unpaired) electrons.